The molecule has 2 rings (SSSR count). The molecule has 3 atom stereocenters. The standard InChI is InChI=1S/C7H13FN2/c8-4-7(9)5-10-2-1-6(7)3-10/h6H,1-5,9H2. The smallest absolute Gasteiger partial charge is 0.109 e. The Morgan fingerprint density at radius 1 is 1.70 bits per heavy atom. The van der Waals surface area contributed by atoms with Crippen molar-refractivity contribution in [2.45, 2.75) is 12.0 Å². The van der Waals surface area contributed by atoms with E-state index in [1.165, 1.54) is 0 Å². The molecular weight excluding hydrogens is 131 g/mol. The van der Waals surface area contributed by atoms with Crippen LogP contribution in [-0.2, 0) is 0 Å². The molecule has 0 radical (unpaired) electrons. The van der Waals surface area contributed by atoms with Gasteiger partial charge in [-0.1, -0.05) is 0 Å². The second kappa shape index (κ2) is 1.92. The van der Waals surface area contributed by atoms with Crippen molar-refractivity contribution in [2.75, 3.05) is 26.3 Å². The quantitative estimate of drug-likeness (QED) is 0.561. The highest BCUT2D eigenvalue weighted by molar-refractivity contribution is 5.05. The van der Waals surface area contributed by atoms with Gasteiger partial charge in [0.25, 0.3) is 0 Å². The Morgan fingerprint density at radius 2 is 2.50 bits per heavy atom. The van der Waals surface area contributed by atoms with Crippen molar-refractivity contribution in [2.24, 2.45) is 11.7 Å². The predicted molar refractivity (Wildman–Crippen MR) is 37.4 cm³/mol. The van der Waals surface area contributed by atoms with Crippen molar-refractivity contribution in [1.29, 1.82) is 0 Å². The number of hydrogen-bond donors (Lipinski definition) is 1. The van der Waals surface area contributed by atoms with Gasteiger partial charge in [-0.2, -0.15) is 0 Å². The summed E-state index contributed by atoms with van der Waals surface area (Å²) in [5, 5.41) is 0. The molecule has 0 aromatic rings. The minimum Gasteiger partial charge on any atom is -0.322 e. The van der Waals surface area contributed by atoms with Crippen LogP contribution in [0.25, 0.3) is 0 Å². The number of nitrogens with zero attached hydrogens (tertiary/aromatic N) is 1. The highest BCUT2D eigenvalue weighted by Gasteiger charge is 2.47. The van der Waals surface area contributed by atoms with E-state index in [0.717, 1.165) is 26.1 Å². The normalized spacial score (nSPS) is 52.2. The van der Waals surface area contributed by atoms with Gasteiger partial charge in [-0.25, -0.2) is 4.39 Å². The zero-order valence-corrected chi connectivity index (χ0v) is 6.02. The van der Waals surface area contributed by atoms with Crippen molar-refractivity contribution in [3.05, 3.63) is 0 Å². The van der Waals surface area contributed by atoms with Crippen molar-refractivity contribution in [3.8, 4) is 0 Å². The maximum absolute atomic E-state index is 12.4. The van der Waals surface area contributed by atoms with Crippen molar-refractivity contribution in [3.63, 3.8) is 0 Å². The molecule has 10 heavy (non-hydrogen) atoms. The van der Waals surface area contributed by atoms with Crippen molar-refractivity contribution >= 4 is 0 Å². The van der Waals surface area contributed by atoms with E-state index in [1.807, 2.05) is 0 Å². The van der Waals surface area contributed by atoms with Crippen LogP contribution < -0.4 is 5.73 Å². The lowest BCUT2D eigenvalue weighted by Crippen LogP contribution is -2.52. The molecule has 0 amide bonds. The van der Waals surface area contributed by atoms with Crippen LogP contribution in [-0.4, -0.2) is 36.7 Å². The summed E-state index contributed by atoms with van der Waals surface area (Å²) in [6.45, 7) is 2.58. The lowest BCUT2D eigenvalue weighted by atomic mass is 9.86. The number of fused-ring (bicyclic) bond motifs is 2. The van der Waals surface area contributed by atoms with Crippen LogP contribution in [0.3, 0.4) is 0 Å². The molecule has 2 fully saturated rings. The number of hydrogen-bond acceptors (Lipinski definition) is 2. The molecular formula is C7H13FN2. The molecule has 58 valence electrons. The maximum atomic E-state index is 12.4. The van der Waals surface area contributed by atoms with Gasteiger partial charge in [0.15, 0.2) is 0 Å². The van der Waals surface area contributed by atoms with E-state index in [2.05, 4.69) is 4.90 Å². The number of halogens is 1. The predicted octanol–water partition coefficient (Wildman–Crippen LogP) is -0.0111. The van der Waals surface area contributed by atoms with Gasteiger partial charge in [0.2, 0.25) is 0 Å². The second-order valence-electron chi connectivity index (χ2n) is 3.59. The third-order valence-corrected chi connectivity index (χ3v) is 2.85. The first-order valence-electron chi connectivity index (χ1n) is 3.82. The summed E-state index contributed by atoms with van der Waals surface area (Å²) in [5.41, 5.74) is 5.34. The molecule has 0 aromatic heterocycles. The molecule has 2 saturated heterocycles. The summed E-state index contributed by atoms with van der Waals surface area (Å²) in [4.78, 5) is 2.25. The van der Waals surface area contributed by atoms with Gasteiger partial charge in [0.1, 0.15) is 6.67 Å². The lowest BCUT2D eigenvalue weighted by Gasteiger charge is -2.30. The van der Waals surface area contributed by atoms with Gasteiger partial charge in [0, 0.05) is 13.1 Å². The SMILES string of the molecule is NC1(CF)CN2CCC1C2. The van der Waals surface area contributed by atoms with Gasteiger partial charge in [-0.3, -0.25) is 0 Å². The van der Waals surface area contributed by atoms with Gasteiger partial charge in [-0.15, -0.1) is 0 Å². The molecule has 2 bridgehead atoms. The molecule has 2 nitrogen and oxygen atoms in total. The molecule has 0 aliphatic carbocycles. The van der Waals surface area contributed by atoms with E-state index < -0.39 is 5.54 Å². The van der Waals surface area contributed by atoms with Crippen LogP contribution in [0, 0.1) is 5.92 Å². The van der Waals surface area contributed by atoms with Gasteiger partial charge >= 0.3 is 0 Å². The van der Waals surface area contributed by atoms with E-state index in [4.69, 9.17) is 5.73 Å². The first-order valence-corrected chi connectivity index (χ1v) is 3.82. The highest BCUT2D eigenvalue weighted by Crippen LogP contribution is 2.34. The van der Waals surface area contributed by atoms with Crippen LogP contribution in [0.4, 0.5) is 4.39 Å². The fourth-order valence-electron chi connectivity index (χ4n) is 2.14. The topological polar surface area (TPSA) is 29.3 Å². The third-order valence-electron chi connectivity index (χ3n) is 2.85. The molecule has 0 aromatic carbocycles. The van der Waals surface area contributed by atoms with Crippen molar-refractivity contribution < 1.29 is 4.39 Å². The van der Waals surface area contributed by atoms with Crippen LogP contribution in [0.15, 0.2) is 0 Å². The Labute approximate surface area is 60.2 Å². The Bertz CT molecular complexity index is 151. The average molecular weight is 144 g/mol. The average Bonchev–Trinajstić information content (AvgIpc) is 2.46. The molecule has 3 heteroatoms. The monoisotopic (exact) mass is 144 g/mol. The molecule has 3 unspecified atom stereocenters. The van der Waals surface area contributed by atoms with E-state index in [0.29, 0.717) is 5.92 Å². The summed E-state index contributed by atoms with van der Waals surface area (Å²) < 4.78 is 12.4. The number of nitrogens with two attached hydrogens (primary N) is 1. The molecule has 2 N–H and O–H groups in total. The zero-order chi connectivity index (χ0) is 7.19. The summed E-state index contributed by atoms with van der Waals surface area (Å²) >= 11 is 0. The Balaban J connectivity index is 2.14. The van der Waals surface area contributed by atoms with Crippen LogP contribution in [0.1, 0.15) is 6.42 Å². The molecule has 2 aliphatic rings. The van der Waals surface area contributed by atoms with E-state index in [9.17, 15) is 4.39 Å². The number of rotatable bonds is 1. The van der Waals surface area contributed by atoms with Gasteiger partial charge < -0.3 is 10.6 Å². The van der Waals surface area contributed by atoms with E-state index in [-0.39, 0.29) is 6.67 Å². The fourth-order valence-corrected chi connectivity index (χ4v) is 2.14. The van der Waals surface area contributed by atoms with Gasteiger partial charge in [-0.05, 0) is 18.9 Å². The lowest BCUT2D eigenvalue weighted by molar-refractivity contribution is 0.209. The summed E-state index contributed by atoms with van der Waals surface area (Å²) in [6, 6.07) is 0. The summed E-state index contributed by atoms with van der Waals surface area (Å²) in [6.07, 6.45) is 1.10. The van der Waals surface area contributed by atoms with Gasteiger partial charge in [0.05, 0.1) is 5.54 Å². The fraction of sp³-hybridized carbons (Fsp3) is 1.00. The highest BCUT2D eigenvalue weighted by atomic mass is 19.1. The Morgan fingerprint density at radius 3 is 2.80 bits per heavy atom. The van der Waals surface area contributed by atoms with Crippen LogP contribution in [0.5, 0.6) is 0 Å². The minimum absolute atomic E-state index is 0.353. The van der Waals surface area contributed by atoms with Crippen molar-refractivity contribution in [1.82, 2.24) is 4.90 Å². The number of piperidine rings is 1. The van der Waals surface area contributed by atoms with Crippen LogP contribution >= 0.6 is 0 Å². The summed E-state index contributed by atoms with van der Waals surface area (Å²) in [5.74, 6) is 0.428. The minimum atomic E-state index is -0.488. The number of alkyl halides is 1. The summed E-state index contributed by atoms with van der Waals surface area (Å²) in [7, 11) is 0. The molecule has 2 aliphatic heterocycles. The van der Waals surface area contributed by atoms with E-state index in [1.54, 1.807) is 0 Å². The third kappa shape index (κ3) is 0.705. The largest absolute Gasteiger partial charge is 0.322 e. The first-order chi connectivity index (χ1) is 4.74. The van der Waals surface area contributed by atoms with E-state index >= 15 is 0 Å². The Hall–Kier alpha value is -0.150. The molecule has 2 heterocycles. The molecule has 0 saturated carbocycles. The van der Waals surface area contributed by atoms with Crippen LogP contribution in [0.2, 0.25) is 0 Å². The first kappa shape index (κ1) is 6.55. The second-order valence-corrected chi connectivity index (χ2v) is 3.59. The Kier molecular flexibility index (Phi) is 1.26. The maximum Gasteiger partial charge on any atom is 0.109 e. The molecule has 0 spiro atoms. The zero-order valence-electron chi connectivity index (χ0n) is 6.02.